The van der Waals surface area contributed by atoms with Crippen molar-refractivity contribution < 1.29 is 42.8 Å². The SMILES string of the molecule is COC(=O)Cc1ccc(O)cc1F.COC(=O)Cc1ccc(OCCCC2CCN(c3ncc(Cl)cn3)CC2)cc1F.OCCCC1CCN(c2ncc(Cl)cn2)CC1. The molecule has 2 aliphatic heterocycles. The highest BCUT2D eigenvalue weighted by Gasteiger charge is 2.22. The number of hydrogen-bond donors (Lipinski definition) is 2. The van der Waals surface area contributed by atoms with Gasteiger partial charge in [-0.1, -0.05) is 35.3 Å². The van der Waals surface area contributed by atoms with Gasteiger partial charge < -0.3 is 34.2 Å². The van der Waals surface area contributed by atoms with Crippen LogP contribution in [0.25, 0.3) is 0 Å². The summed E-state index contributed by atoms with van der Waals surface area (Å²) in [5.41, 5.74) is 0.519. The fourth-order valence-corrected chi connectivity index (χ4v) is 6.81. The van der Waals surface area contributed by atoms with Gasteiger partial charge in [0.05, 0.1) is 68.5 Å². The van der Waals surface area contributed by atoms with Crippen LogP contribution in [0.3, 0.4) is 0 Å². The Bertz CT molecular complexity index is 1880. The quantitative estimate of drug-likeness (QED) is 0.0953. The van der Waals surface area contributed by atoms with E-state index in [1.807, 2.05) is 0 Å². The standard InChI is InChI=1S/C21H25ClFN3O3.C12H18ClN3O.C9H9FO3/c1-28-20(27)11-16-4-5-18(12-19(16)23)29-10-2-3-15-6-8-26(9-7-15)21-24-13-17(22)14-25-21;13-11-8-14-12(15-9-11)16-5-3-10(4-6-16)2-1-7-17;1-13-9(12)4-6-2-3-7(11)5-8(6)10/h4-5,12-15H,2-3,6-11H2,1H3;8-10,17H,1-7H2;2-3,5,11H,4H2,1H3. The van der Waals surface area contributed by atoms with Crippen LogP contribution in [0.1, 0.15) is 62.5 Å². The van der Waals surface area contributed by atoms with Gasteiger partial charge >= 0.3 is 11.9 Å². The minimum atomic E-state index is -0.606. The van der Waals surface area contributed by atoms with Gasteiger partial charge in [-0.15, -0.1) is 0 Å². The van der Waals surface area contributed by atoms with Crippen LogP contribution in [0, 0.1) is 23.5 Å². The molecule has 0 radical (unpaired) electrons. The van der Waals surface area contributed by atoms with E-state index in [0.29, 0.717) is 40.5 Å². The Balaban J connectivity index is 0.000000216. The maximum absolute atomic E-state index is 14.0. The molecule has 0 amide bonds. The molecule has 0 atom stereocenters. The van der Waals surface area contributed by atoms with E-state index in [9.17, 15) is 18.4 Å². The molecule has 59 heavy (non-hydrogen) atoms. The molecule has 4 aromatic rings. The number of benzene rings is 2. The molecule has 13 nitrogen and oxygen atoms in total. The number of hydrogen-bond acceptors (Lipinski definition) is 13. The zero-order valence-corrected chi connectivity index (χ0v) is 34.9. The molecule has 2 aromatic carbocycles. The maximum atomic E-state index is 14.0. The number of nitrogens with zero attached hydrogens (tertiary/aromatic N) is 6. The summed E-state index contributed by atoms with van der Waals surface area (Å²) in [6, 6.07) is 8.20. The van der Waals surface area contributed by atoms with Crippen molar-refractivity contribution in [3.63, 3.8) is 0 Å². The summed E-state index contributed by atoms with van der Waals surface area (Å²) in [6.45, 7) is 4.70. The summed E-state index contributed by atoms with van der Waals surface area (Å²) in [4.78, 5) is 43.4. The zero-order chi connectivity index (χ0) is 42.6. The second kappa shape index (κ2) is 24.9. The number of aliphatic hydroxyl groups is 1. The lowest BCUT2D eigenvalue weighted by molar-refractivity contribution is -0.140. The summed E-state index contributed by atoms with van der Waals surface area (Å²) in [7, 11) is 2.52. The molecule has 6 rings (SSSR count). The first-order valence-corrected chi connectivity index (χ1v) is 20.3. The number of aromatic nitrogens is 4. The largest absolute Gasteiger partial charge is 0.508 e. The second-order valence-electron chi connectivity index (χ2n) is 14.2. The molecule has 0 unspecified atom stereocenters. The minimum absolute atomic E-state index is 0.0810. The Morgan fingerprint density at radius 3 is 1.58 bits per heavy atom. The van der Waals surface area contributed by atoms with Gasteiger partial charge in [0, 0.05) is 44.9 Å². The summed E-state index contributed by atoms with van der Waals surface area (Å²) >= 11 is 11.6. The smallest absolute Gasteiger partial charge is 0.310 e. The van der Waals surface area contributed by atoms with E-state index in [4.69, 9.17) is 38.2 Å². The van der Waals surface area contributed by atoms with Crippen molar-refractivity contribution in [1.29, 1.82) is 0 Å². The molecular formula is C42H52Cl2F2N6O7. The number of aliphatic hydroxyl groups excluding tert-OH is 1. The topological polar surface area (TPSA) is 160 Å². The van der Waals surface area contributed by atoms with E-state index < -0.39 is 23.6 Å². The van der Waals surface area contributed by atoms with E-state index in [1.165, 1.54) is 32.4 Å². The van der Waals surface area contributed by atoms with Crippen molar-refractivity contribution in [2.75, 3.05) is 63.4 Å². The van der Waals surface area contributed by atoms with E-state index in [-0.39, 0.29) is 24.2 Å². The summed E-state index contributed by atoms with van der Waals surface area (Å²) < 4.78 is 41.6. The van der Waals surface area contributed by atoms with Crippen LogP contribution < -0.4 is 14.5 Å². The third-order valence-corrected chi connectivity index (χ3v) is 10.4. The monoisotopic (exact) mass is 860 g/mol. The number of carbonyl (C=O) groups is 2. The number of phenols is 1. The predicted molar refractivity (Wildman–Crippen MR) is 221 cm³/mol. The molecule has 0 saturated carbocycles. The number of piperidine rings is 2. The molecule has 4 heterocycles. The number of aromatic hydroxyl groups is 1. The van der Waals surface area contributed by atoms with E-state index in [1.54, 1.807) is 36.9 Å². The summed E-state index contributed by atoms with van der Waals surface area (Å²) in [5.74, 6) is 1.17. The van der Waals surface area contributed by atoms with Gasteiger partial charge in [0.25, 0.3) is 0 Å². The number of carbonyl (C=O) groups excluding carboxylic acids is 2. The normalized spacial score (nSPS) is 14.4. The molecule has 0 aliphatic carbocycles. The number of rotatable bonds is 14. The molecule has 2 aliphatic rings. The van der Waals surface area contributed by atoms with Gasteiger partial charge in [-0.05, 0) is 86.5 Å². The van der Waals surface area contributed by atoms with Gasteiger partial charge in [0.2, 0.25) is 11.9 Å². The van der Waals surface area contributed by atoms with Crippen LogP contribution in [-0.4, -0.2) is 95.7 Å². The highest BCUT2D eigenvalue weighted by atomic mass is 35.5. The molecule has 2 aromatic heterocycles. The molecule has 17 heteroatoms. The van der Waals surface area contributed by atoms with Crippen molar-refractivity contribution in [2.24, 2.45) is 11.8 Å². The lowest BCUT2D eigenvalue weighted by atomic mass is 9.92. The average Bonchev–Trinajstić information content (AvgIpc) is 3.25. The first-order chi connectivity index (χ1) is 28.5. The fourth-order valence-electron chi connectivity index (χ4n) is 6.62. The number of phenolic OH excluding ortho intramolecular Hbond substituents is 1. The van der Waals surface area contributed by atoms with E-state index in [2.05, 4.69) is 39.2 Å². The lowest BCUT2D eigenvalue weighted by Crippen LogP contribution is -2.34. The third-order valence-electron chi connectivity index (χ3n) is 9.99. The van der Waals surface area contributed by atoms with Crippen molar-refractivity contribution in [3.8, 4) is 11.5 Å². The average molecular weight is 862 g/mol. The fraction of sp³-hybridized carbons (Fsp3) is 0.476. The van der Waals surface area contributed by atoms with Gasteiger partial charge in [-0.3, -0.25) is 9.59 Å². The van der Waals surface area contributed by atoms with Crippen LogP contribution in [0.5, 0.6) is 11.5 Å². The van der Waals surface area contributed by atoms with Crippen LogP contribution in [0.4, 0.5) is 20.7 Å². The summed E-state index contributed by atoms with van der Waals surface area (Å²) in [6.07, 6.45) is 14.8. The molecule has 0 bridgehead atoms. The maximum Gasteiger partial charge on any atom is 0.310 e. The molecule has 2 N–H and O–H groups in total. The van der Waals surface area contributed by atoms with E-state index >= 15 is 0 Å². The highest BCUT2D eigenvalue weighted by molar-refractivity contribution is 6.30. The molecule has 2 fully saturated rings. The number of ether oxygens (including phenoxy) is 3. The van der Waals surface area contributed by atoms with Crippen molar-refractivity contribution in [1.82, 2.24) is 19.9 Å². The number of halogens is 4. The Hall–Kier alpha value is -4.86. The lowest BCUT2D eigenvalue weighted by Gasteiger charge is -2.31. The Labute approximate surface area is 353 Å². The van der Waals surface area contributed by atoms with E-state index in [0.717, 1.165) is 101 Å². The number of esters is 2. The first-order valence-electron chi connectivity index (χ1n) is 19.6. The molecule has 2 saturated heterocycles. The number of anilines is 2. The van der Waals surface area contributed by atoms with Crippen LogP contribution in [0.15, 0.2) is 61.2 Å². The van der Waals surface area contributed by atoms with Crippen LogP contribution in [0.2, 0.25) is 10.0 Å². The Morgan fingerprint density at radius 2 is 1.15 bits per heavy atom. The van der Waals surface area contributed by atoms with Crippen molar-refractivity contribution >= 4 is 47.0 Å². The molecular weight excluding hydrogens is 809 g/mol. The molecule has 0 spiro atoms. The van der Waals surface area contributed by atoms with Crippen molar-refractivity contribution in [2.45, 2.75) is 64.2 Å². The van der Waals surface area contributed by atoms with Gasteiger partial charge in [-0.25, -0.2) is 28.7 Å². The van der Waals surface area contributed by atoms with Gasteiger partial charge in [-0.2, -0.15) is 0 Å². The van der Waals surface area contributed by atoms with Crippen molar-refractivity contribution in [3.05, 3.63) is 94.0 Å². The summed E-state index contributed by atoms with van der Waals surface area (Å²) in [5, 5.41) is 18.8. The minimum Gasteiger partial charge on any atom is -0.508 e. The van der Waals surface area contributed by atoms with Gasteiger partial charge in [0.1, 0.15) is 23.1 Å². The Kier molecular flexibility index (Phi) is 19.8. The predicted octanol–water partition coefficient (Wildman–Crippen LogP) is 7.43. The number of methoxy groups -OCH3 is 2. The van der Waals surface area contributed by atoms with Crippen LogP contribution in [-0.2, 0) is 31.9 Å². The zero-order valence-electron chi connectivity index (χ0n) is 33.4. The van der Waals surface area contributed by atoms with Crippen LogP contribution >= 0.6 is 23.2 Å². The second-order valence-corrected chi connectivity index (χ2v) is 15.0. The first kappa shape index (κ1) is 46.8. The third kappa shape index (κ3) is 16.4. The highest BCUT2D eigenvalue weighted by Crippen LogP contribution is 2.26. The Morgan fingerprint density at radius 1 is 0.712 bits per heavy atom. The molecule has 320 valence electrons. The van der Waals surface area contributed by atoms with Gasteiger partial charge in [0.15, 0.2) is 0 Å².